The van der Waals surface area contributed by atoms with Gasteiger partial charge in [0.05, 0.1) is 0 Å². The van der Waals surface area contributed by atoms with Gasteiger partial charge in [-0.1, -0.05) is 20.4 Å². The second kappa shape index (κ2) is 4.09. The molecule has 0 bridgehead atoms. The van der Waals surface area contributed by atoms with Crippen molar-refractivity contribution in [2.24, 2.45) is 5.92 Å². The van der Waals surface area contributed by atoms with Crippen molar-refractivity contribution in [3.8, 4) is 0 Å². The lowest BCUT2D eigenvalue weighted by Gasteiger charge is -2.05. The first-order valence-electron chi connectivity index (χ1n) is 3.47. The summed E-state index contributed by atoms with van der Waals surface area (Å²) < 4.78 is 0. The van der Waals surface area contributed by atoms with Crippen molar-refractivity contribution >= 4 is 5.91 Å². The molecule has 0 aromatic carbocycles. The Morgan fingerprint density at radius 1 is 1.60 bits per heavy atom. The Labute approximate surface area is 62.3 Å². The zero-order valence-corrected chi connectivity index (χ0v) is 6.90. The average Bonchev–Trinajstić information content (AvgIpc) is 1.82. The highest BCUT2D eigenvalue weighted by molar-refractivity contribution is 5.92. The largest absolute Gasteiger partial charge is 0.352 e. The molecule has 0 aliphatic carbocycles. The normalized spacial score (nSPS) is 9.60. The molecule has 0 rings (SSSR count). The molecule has 0 spiro atoms. The van der Waals surface area contributed by atoms with Gasteiger partial charge in [0.1, 0.15) is 0 Å². The smallest absolute Gasteiger partial charge is 0.246 e. The Bertz CT molecular complexity index is 138. The number of carbonyl (C=O) groups excluding carboxylic acids is 1. The number of hydrogen-bond donors (Lipinski definition) is 1. The first-order valence-corrected chi connectivity index (χ1v) is 3.47. The van der Waals surface area contributed by atoms with Gasteiger partial charge in [0.2, 0.25) is 5.91 Å². The summed E-state index contributed by atoms with van der Waals surface area (Å²) >= 11 is 0. The maximum Gasteiger partial charge on any atom is 0.246 e. The van der Waals surface area contributed by atoms with E-state index in [1.807, 2.05) is 0 Å². The number of hydrogen-bond acceptors (Lipinski definition) is 1. The highest BCUT2D eigenvalue weighted by Crippen LogP contribution is 1.90. The third-order valence-electron chi connectivity index (χ3n) is 1.06. The Morgan fingerprint density at radius 3 is 2.40 bits per heavy atom. The standard InChI is InChI=1S/C8H15NO/c1-6(2)5-9-8(10)7(3)4/h6H,3,5H2,1-2,4H3,(H,9,10). The van der Waals surface area contributed by atoms with Gasteiger partial charge >= 0.3 is 0 Å². The lowest BCUT2D eigenvalue weighted by molar-refractivity contribution is -0.117. The van der Waals surface area contributed by atoms with Crippen LogP contribution in [0, 0.1) is 5.92 Å². The quantitative estimate of drug-likeness (QED) is 0.590. The molecule has 0 fully saturated rings. The van der Waals surface area contributed by atoms with Crippen molar-refractivity contribution in [1.29, 1.82) is 0 Å². The van der Waals surface area contributed by atoms with Gasteiger partial charge < -0.3 is 5.32 Å². The predicted molar refractivity (Wildman–Crippen MR) is 42.7 cm³/mol. The minimum Gasteiger partial charge on any atom is -0.352 e. The summed E-state index contributed by atoms with van der Waals surface area (Å²) in [5, 5.41) is 2.74. The van der Waals surface area contributed by atoms with E-state index in [9.17, 15) is 4.79 Å². The van der Waals surface area contributed by atoms with Crippen LogP contribution in [0.15, 0.2) is 12.2 Å². The number of nitrogens with one attached hydrogen (secondary N) is 1. The van der Waals surface area contributed by atoms with Crippen molar-refractivity contribution in [2.75, 3.05) is 6.54 Å². The summed E-state index contributed by atoms with van der Waals surface area (Å²) in [4.78, 5) is 10.8. The summed E-state index contributed by atoms with van der Waals surface area (Å²) in [6, 6.07) is 0. The maximum absolute atomic E-state index is 10.8. The molecule has 0 aromatic heterocycles. The summed E-state index contributed by atoms with van der Waals surface area (Å²) in [5.74, 6) is 0.456. The zero-order valence-electron chi connectivity index (χ0n) is 6.90. The van der Waals surface area contributed by atoms with Gasteiger partial charge in [-0.25, -0.2) is 0 Å². The summed E-state index contributed by atoms with van der Waals surface area (Å²) in [6.07, 6.45) is 0. The second-order valence-corrected chi connectivity index (χ2v) is 2.88. The van der Waals surface area contributed by atoms with Crippen LogP contribution in [0.2, 0.25) is 0 Å². The van der Waals surface area contributed by atoms with E-state index in [0.29, 0.717) is 11.5 Å². The minimum atomic E-state index is -0.0475. The summed E-state index contributed by atoms with van der Waals surface area (Å²) in [6.45, 7) is 10.1. The maximum atomic E-state index is 10.8. The molecule has 0 unspecified atom stereocenters. The van der Waals surface area contributed by atoms with Crippen molar-refractivity contribution in [1.82, 2.24) is 5.32 Å². The molecule has 0 atom stereocenters. The van der Waals surface area contributed by atoms with Crippen molar-refractivity contribution in [3.63, 3.8) is 0 Å². The Hall–Kier alpha value is -0.790. The molecule has 2 nitrogen and oxygen atoms in total. The monoisotopic (exact) mass is 141 g/mol. The van der Waals surface area contributed by atoms with Crippen LogP contribution in [0.4, 0.5) is 0 Å². The predicted octanol–water partition coefficient (Wildman–Crippen LogP) is 1.33. The molecule has 10 heavy (non-hydrogen) atoms. The molecule has 1 N–H and O–H groups in total. The van der Waals surface area contributed by atoms with E-state index < -0.39 is 0 Å². The van der Waals surface area contributed by atoms with Crippen LogP contribution in [-0.2, 0) is 4.79 Å². The topological polar surface area (TPSA) is 29.1 Å². The van der Waals surface area contributed by atoms with E-state index >= 15 is 0 Å². The number of rotatable bonds is 3. The molecule has 0 aliphatic rings. The van der Waals surface area contributed by atoms with E-state index in [1.165, 1.54) is 0 Å². The van der Waals surface area contributed by atoms with Crippen LogP contribution in [0.25, 0.3) is 0 Å². The van der Waals surface area contributed by atoms with Gasteiger partial charge in [-0.05, 0) is 12.8 Å². The van der Waals surface area contributed by atoms with Crippen LogP contribution in [-0.4, -0.2) is 12.5 Å². The van der Waals surface area contributed by atoms with E-state index in [2.05, 4.69) is 25.7 Å². The molecular formula is C8H15NO. The first-order chi connectivity index (χ1) is 4.54. The third-order valence-corrected chi connectivity index (χ3v) is 1.06. The molecule has 58 valence electrons. The highest BCUT2D eigenvalue weighted by atomic mass is 16.1. The third kappa shape index (κ3) is 4.13. The molecule has 0 radical (unpaired) electrons. The molecule has 1 amide bonds. The first kappa shape index (κ1) is 9.21. The second-order valence-electron chi connectivity index (χ2n) is 2.88. The average molecular weight is 141 g/mol. The van der Waals surface area contributed by atoms with Gasteiger partial charge in [0.15, 0.2) is 0 Å². The van der Waals surface area contributed by atoms with Crippen molar-refractivity contribution in [3.05, 3.63) is 12.2 Å². The number of carbonyl (C=O) groups is 1. The van der Waals surface area contributed by atoms with Crippen LogP contribution in [0.5, 0.6) is 0 Å². The highest BCUT2D eigenvalue weighted by Gasteiger charge is 2.00. The molecule has 0 aliphatic heterocycles. The Morgan fingerprint density at radius 2 is 2.10 bits per heavy atom. The lowest BCUT2D eigenvalue weighted by atomic mass is 10.2. The molecule has 0 saturated carbocycles. The molecule has 0 saturated heterocycles. The van der Waals surface area contributed by atoms with Gasteiger partial charge in [-0.3, -0.25) is 4.79 Å². The van der Waals surface area contributed by atoms with Gasteiger partial charge in [-0.2, -0.15) is 0 Å². The van der Waals surface area contributed by atoms with E-state index in [0.717, 1.165) is 6.54 Å². The van der Waals surface area contributed by atoms with E-state index in [1.54, 1.807) is 6.92 Å². The molecule has 0 heterocycles. The van der Waals surface area contributed by atoms with Gasteiger partial charge in [-0.15, -0.1) is 0 Å². The van der Waals surface area contributed by atoms with E-state index in [-0.39, 0.29) is 5.91 Å². The van der Waals surface area contributed by atoms with Crippen molar-refractivity contribution in [2.45, 2.75) is 20.8 Å². The molecule has 0 aromatic rings. The SMILES string of the molecule is C=C(C)C(=O)NCC(C)C. The van der Waals surface area contributed by atoms with Crippen LogP contribution in [0.1, 0.15) is 20.8 Å². The van der Waals surface area contributed by atoms with Gasteiger partial charge in [0.25, 0.3) is 0 Å². The lowest BCUT2D eigenvalue weighted by Crippen LogP contribution is -2.27. The van der Waals surface area contributed by atoms with Crippen LogP contribution >= 0.6 is 0 Å². The van der Waals surface area contributed by atoms with Crippen LogP contribution in [0.3, 0.4) is 0 Å². The van der Waals surface area contributed by atoms with Gasteiger partial charge in [0, 0.05) is 12.1 Å². The Balaban J connectivity index is 3.50. The fourth-order valence-electron chi connectivity index (χ4n) is 0.448. The number of amides is 1. The van der Waals surface area contributed by atoms with Crippen LogP contribution < -0.4 is 5.32 Å². The minimum absolute atomic E-state index is 0.0475. The molecular weight excluding hydrogens is 126 g/mol. The van der Waals surface area contributed by atoms with Crippen molar-refractivity contribution < 1.29 is 4.79 Å². The molecule has 2 heteroatoms. The fourth-order valence-corrected chi connectivity index (χ4v) is 0.448. The Kier molecular flexibility index (Phi) is 3.77. The fraction of sp³-hybridized carbons (Fsp3) is 0.625. The van der Waals surface area contributed by atoms with E-state index in [4.69, 9.17) is 0 Å². The zero-order chi connectivity index (χ0) is 8.15. The summed E-state index contributed by atoms with van der Waals surface area (Å²) in [7, 11) is 0. The summed E-state index contributed by atoms with van der Waals surface area (Å²) in [5.41, 5.74) is 0.570.